The normalized spacial score (nSPS) is 15.0. The molecule has 4 nitrogen and oxygen atoms in total. The van der Waals surface area contributed by atoms with Gasteiger partial charge in [-0.15, -0.1) is 23.5 Å². The molecule has 1 fully saturated rings. The fourth-order valence-corrected chi connectivity index (χ4v) is 5.20. The highest BCUT2D eigenvalue weighted by molar-refractivity contribution is 8.16. The highest BCUT2D eigenvalue weighted by atomic mass is 32.2. The zero-order valence-corrected chi connectivity index (χ0v) is 14.9. The molecule has 0 saturated carbocycles. The summed E-state index contributed by atoms with van der Waals surface area (Å²) in [5, 5.41) is 2.82. The van der Waals surface area contributed by atoms with Crippen molar-refractivity contribution in [3.05, 3.63) is 59.9 Å². The Kier molecular flexibility index (Phi) is 6.43. The summed E-state index contributed by atoms with van der Waals surface area (Å²) in [4.78, 5) is 15.9. The molecule has 1 aromatic carbocycles. The van der Waals surface area contributed by atoms with Crippen LogP contribution in [-0.4, -0.2) is 29.0 Å². The molecule has 2 heterocycles. The van der Waals surface area contributed by atoms with Gasteiger partial charge in [0, 0.05) is 18.9 Å². The number of aromatic nitrogens is 1. The van der Waals surface area contributed by atoms with Crippen LogP contribution in [0.25, 0.3) is 0 Å². The zero-order valence-electron chi connectivity index (χ0n) is 13.3. The molecule has 0 unspecified atom stereocenters. The molecule has 0 aliphatic carbocycles. The van der Waals surface area contributed by atoms with Gasteiger partial charge in [-0.25, -0.2) is 0 Å². The lowest BCUT2D eigenvalue weighted by Gasteiger charge is -2.21. The van der Waals surface area contributed by atoms with E-state index in [1.807, 2.05) is 47.8 Å². The van der Waals surface area contributed by atoms with Gasteiger partial charge in [0.1, 0.15) is 5.75 Å². The SMILES string of the molecule is O=C(COc1ccc(C2SCCCS2)cc1)NCc1cccnc1. The summed E-state index contributed by atoms with van der Waals surface area (Å²) in [6.45, 7) is 0.484. The third-order valence-corrected chi connectivity index (χ3v) is 6.58. The molecule has 1 aromatic heterocycles. The molecule has 2 aromatic rings. The Morgan fingerprint density at radius 1 is 1.21 bits per heavy atom. The number of amides is 1. The van der Waals surface area contributed by atoms with E-state index in [2.05, 4.69) is 22.4 Å². The smallest absolute Gasteiger partial charge is 0.258 e. The second-order valence-corrected chi connectivity index (χ2v) is 8.15. The zero-order chi connectivity index (χ0) is 16.6. The van der Waals surface area contributed by atoms with Crippen molar-refractivity contribution in [1.29, 1.82) is 0 Å². The van der Waals surface area contributed by atoms with Crippen molar-refractivity contribution in [2.45, 2.75) is 17.5 Å². The molecule has 1 amide bonds. The maximum atomic E-state index is 11.8. The number of hydrogen-bond donors (Lipinski definition) is 1. The Morgan fingerprint density at radius 2 is 2.00 bits per heavy atom. The summed E-state index contributed by atoms with van der Waals surface area (Å²) in [5.74, 6) is 3.04. The molecule has 1 N–H and O–H groups in total. The average Bonchev–Trinajstić information content (AvgIpc) is 2.67. The largest absolute Gasteiger partial charge is 0.484 e. The predicted molar refractivity (Wildman–Crippen MR) is 100 cm³/mol. The first-order valence-corrected chi connectivity index (χ1v) is 10.0. The average molecular weight is 361 g/mol. The van der Waals surface area contributed by atoms with Crippen LogP contribution in [0.4, 0.5) is 0 Å². The van der Waals surface area contributed by atoms with E-state index in [4.69, 9.17) is 4.74 Å². The van der Waals surface area contributed by atoms with Gasteiger partial charge in [-0.05, 0) is 47.3 Å². The summed E-state index contributed by atoms with van der Waals surface area (Å²) in [6.07, 6.45) is 4.74. The van der Waals surface area contributed by atoms with Crippen LogP contribution < -0.4 is 10.1 Å². The highest BCUT2D eigenvalue weighted by Crippen LogP contribution is 2.43. The maximum absolute atomic E-state index is 11.8. The topological polar surface area (TPSA) is 51.2 Å². The highest BCUT2D eigenvalue weighted by Gasteiger charge is 2.16. The molecule has 1 aliphatic heterocycles. The van der Waals surface area contributed by atoms with Gasteiger partial charge in [-0.2, -0.15) is 0 Å². The standard InChI is InChI=1S/C18H20N2O2S2/c21-17(20-12-14-3-1-8-19-11-14)13-22-16-6-4-15(5-7-16)18-23-9-2-10-24-18/h1,3-8,11,18H,2,9-10,12-13H2,(H,20,21). The third kappa shape index (κ3) is 5.18. The van der Waals surface area contributed by atoms with Crippen molar-refractivity contribution >= 4 is 29.4 Å². The van der Waals surface area contributed by atoms with E-state index < -0.39 is 0 Å². The molecule has 0 atom stereocenters. The Bertz CT molecular complexity index is 644. The van der Waals surface area contributed by atoms with Crippen LogP contribution in [0.2, 0.25) is 0 Å². The van der Waals surface area contributed by atoms with Gasteiger partial charge in [-0.3, -0.25) is 9.78 Å². The number of nitrogens with one attached hydrogen (secondary N) is 1. The van der Waals surface area contributed by atoms with Gasteiger partial charge in [0.05, 0.1) is 4.58 Å². The molecular formula is C18H20N2O2S2. The van der Waals surface area contributed by atoms with Crippen molar-refractivity contribution in [3.63, 3.8) is 0 Å². The summed E-state index contributed by atoms with van der Waals surface area (Å²) in [7, 11) is 0. The van der Waals surface area contributed by atoms with Gasteiger partial charge in [0.15, 0.2) is 6.61 Å². The number of carbonyl (C=O) groups excluding carboxylic acids is 1. The van der Waals surface area contributed by atoms with E-state index in [1.54, 1.807) is 12.4 Å². The lowest BCUT2D eigenvalue weighted by atomic mass is 10.2. The van der Waals surface area contributed by atoms with Crippen molar-refractivity contribution < 1.29 is 9.53 Å². The van der Waals surface area contributed by atoms with Crippen molar-refractivity contribution in [3.8, 4) is 5.75 Å². The molecule has 0 bridgehead atoms. The number of hydrogen-bond acceptors (Lipinski definition) is 5. The van der Waals surface area contributed by atoms with Crippen molar-refractivity contribution in [2.75, 3.05) is 18.1 Å². The molecule has 3 rings (SSSR count). The third-order valence-electron chi connectivity index (χ3n) is 3.56. The van der Waals surface area contributed by atoms with Crippen LogP contribution in [0.1, 0.15) is 22.1 Å². The molecule has 0 radical (unpaired) electrons. The van der Waals surface area contributed by atoms with Crippen molar-refractivity contribution in [1.82, 2.24) is 10.3 Å². The first kappa shape index (κ1) is 17.2. The van der Waals surface area contributed by atoms with Crippen molar-refractivity contribution in [2.24, 2.45) is 0 Å². The molecule has 1 aliphatic rings. The summed E-state index contributed by atoms with van der Waals surface area (Å²) in [6, 6.07) is 11.9. The van der Waals surface area contributed by atoms with E-state index in [9.17, 15) is 4.79 Å². The fraction of sp³-hybridized carbons (Fsp3) is 0.333. The fourth-order valence-electron chi connectivity index (χ4n) is 2.30. The Hall–Kier alpha value is -1.66. The van der Waals surface area contributed by atoms with Gasteiger partial charge in [0.2, 0.25) is 0 Å². The minimum absolute atomic E-state index is 0.0204. The number of nitrogens with zero attached hydrogens (tertiary/aromatic N) is 1. The summed E-state index contributed by atoms with van der Waals surface area (Å²) >= 11 is 4.00. The number of carbonyl (C=O) groups is 1. The second kappa shape index (κ2) is 8.99. The Balaban J connectivity index is 1.43. The quantitative estimate of drug-likeness (QED) is 0.852. The summed E-state index contributed by atoms with van der Waals surface area (Å²) < 4.78 is 6.08. The van der Waals surface area contributed by atoms with Crippen LogP contribution in [0, 0.1) is 0 Å². The lowest BCUT2D eigenvalue weighted by Crippen LogP contribution is -2.28. The van der Waals surface area contributed by atoms with Gasteiger partial charge in [-0.1, -0.05) is 18.2 Å². The summed E-state index contributed by atoms with van der Waals surface area (Å²) in [5.41, 5.74) is 2.29. The molecule has 126 valence electrons. The first-order chi connectivity index (χ1) is 11.8. The van der Waals surface area contributed by atoms with E-state index >= 15 is 0 Å². The van der Waals surface area contributed by atoms with Gasteiger partial charge >= 0.3 is 0 Å². The minimum atomic E-state index is -0.138. The molecule has 0 spiro atoms. The Morgan fingerprint density at radius 3 is 2.71 bits per heavy atom. The predicted octanol–water partition coefficient (Wildman–Crippen LogP) is 3.65. The van der Waals surface area contributed by atoms with E-state index in [1.165, 1.54) is 23.5 Å². The number of benzene rings is 1. The molecule has 6 heteroatoms. The lowest BCUT2D eigenvalue weighted by molar-refractivity contribution is -0.123. The number of thioether (sulfide) groups is 2. The second-order valence-electron chi connectivity index (χ2n) is 5.42. The van der Waals surface area contributed by atoms with Crippen LogP contribution in [0.5, 0.6) is 5.75 Å². The van der Waals surface area contributed by atoms with Crippen LogP contribution in [0.3, 0.4) is 0 Å². The Labute approximate surface area is 150 Å². The monoisotopic (exact) mass is 360 g/mol. The molecule has 1 saturated heterocycles. The number of pyridine rings is 1. The molecular weight excluding hydrogens is 340 g/mol. The first-order valence-electron chi connectivity index (χ1n) is 7.93. The van der Waals surface area contributed by atoms with Crippen LogP contribution in [0.15, 0.2) is 48.8 Å². The van der Waals surface area contributed by atoms with E-state index in [0.29, 0.717) is 11.1 Å². The van der Waals surface area contributed by atoms with Crippen LogP contribution in [-0.2, 0) is 11.3 Å². The van der Waals surface area contributed by atoms with E-state index in [-0.39, 0.29) is 12.5 Å². The van der Waals surface area contributed by atoms with Gasteiger partial charge in [0.25, 0.3) is 5.91 Å². The van der Waals surface area contributed by atoms with Crippen LogP contribution >= 0.6 is 23.5 Å². The van der Waals surface area contributed by atoms with E-state index in [0.717, 1.165) is 11.3 Å². The minimum Gasteiger partial charge on any atom is -0.484 e. The number of ether oxygens (including phenoxy) is 1. The maximum Gasteiger partial charge on any atom is 0.258 e. The van der Waals surface area contributed by atoms with Gasteiger partial charge < -0.3 is 10.1 Å². The molecule has 24 heavy (non-hydrogen) atoms. The number of rotatable bonds is 6.